The maximum atomic E-state index is 11.0. The van der Waals surface area contributed by atoms with Crippen molar-refractivity contribution in [2.75, 3.05) is 13.1 Å². The number of hydrogen-bond donors (Lipinski definition) is 2. The van der Waals surface area contributed by atoms with E-state index in [2.05, 4.69) is 5.32 Å². The molecule has 1 aliphatic rings. The lowest BCUT2D eigenvalue weighted by atomic mass is 9.72. The molecule has 1 atom stereocenters. The van der Waals surface area contributed by atoms with Crippen LogP contribution in [0.15, 0.2) is 30.3 Å². The molecule has 1 fully saturated rings. The SMILES string of the molecule is O=C(O)CC1(c2ccccc2)CCCNC1. The Morgan fingerprint density at radius 2 is 2.12 bits per heavy atom. The average molecular weight is 219 g/mol. The Morgan fingerprint density at radius 1 is 1.38 bits per heavy atom. The summed E-state index contributed by atoms with van der Waals surface area (Å²) in [7, 11) is 0. The van der Waals surface area contributed by atoms with Gasteiger partial charge in [0.1, 0.15) is 0 Å². The monoisotopic (exact) mass is 219 g/mol. The molecule has 16 heavy (non-hydrogen) atoms. The zero-order valence-corrected chi connectivity index (χ0v) is 9.28. The van der Waals surface area contributed by atoms with Crippen LogP contribution in [-0.4, -0.2) is 24.2 Å². The van der Waals surface area contributed by atoms with Crippen LogP contribution in [0.4, 0.5) is 0 Å². The second-order valence-electron chi connectivity index (χ2n) is 4.50. The Morgan fingerprint density at radius 3 is 2.69 bits per heavy atom. The van der Waals surface area contributed by atoms with Crippen LogP contribution in [0.25, 0.3) is 0 Å². The van der Waals surface area contributed by atoms with Crippen molar-refractivity contribution in [1.29, 1.82) is 0 Å². The third-order valence-electron chi connectivity index (χ3n) is 3.35. The van der Waals surface area contributed by atoms with Gasteiger partial charge in [0.2, 0.25) is 0 Å². The van der Waals surface area contributed by atoms with Gasteiger partial charge < -0.3 is 10.4 Å². The number of carboxylic acid groups (broad SMARTS) is 1. The molecular formula is C13H17NO2. The molecule has 1 unspecified atom stereocenters. The highest BCUT2D eigenvalue weighted by molar-refractivity contribution is 5.69. The molecule has 0 amide bonds. The highest BCUT2D eigenvalue weighted by Gasteiger charge is 2.35. The topological polar surface area (TPSA) is 49.3 Å². The fraction of sp³-hybridized carbons (Fsp3) is 0.462. The van der Waals surface area contributed by atoms with Crippen molar-refractivity contribution in [2.24, 2.45) is 0 Å². The Hall–Kier alpha value is -1.35. The molecule has 0 aromatic heterocycles. The standard InChI is InChI=1S/C13H17NO2/c15-12(16)9-13(7-4-8-14-10-13)11-5-2-1-3-6-11/h1-3,5-6,14H,4,7-10H2,(H,15,16). The van der Waals surface area contributed by atoms with E-state index in [0.29, 0.717) is 0 Å². The van der Waals surface area contributed by atoms with E-state index >= 15 is 0 Å². The molecule has 1 heterocycles. The van der Waals surface area contributed by atoms with Crippen molar-refractivity contribution >= 4 is 5.97 Å². The van der Waals surface area contributed by atoms with Crippen molar-refractivity contribution in [3.8, 4) is 0 Å². The van der Waals surface area contributed by atoms with Gasteiger partial charge in [0.15, 0.2) is 0 Å². The van der Waals surface area contributed by atoms with Gasteiger partial charge in [0.05, 0.1) is 6.42 Å². The van der Waals surface area contributed by atoms with Gasteiger partial charge in [-0.1, -0.05) is 30.3 Å². The summed E-state index contributed by atoms with van der Waals surface area (Å²) in [6.45, 7) is 1.76. The second-order valence-corrected chi connectivity index (χ2v) is 4.50. The number of rotatable bonds is 3. The molecule has 2 rings (SSSR count). The lowest BCUT2D eigenvalue weighted by molar-refractivity contribution is -0.138. The van der Waals surface area contributed by atoms with E-state index in [1.807, 2.05) is 30.3 Å². The predicted octanol–water partition coefficient (Wildman–Crippen LogP) is 1.78. The molecule has 1 saturated heterocycles. The number of hydrogen-bond acceptors (Lipinski definition) is 2. The van der Waals surface area contributed by atoms with Crippen LogP contribution in [0.5, 0.6) is 0 Å². The number of carbonyl (C=O) groups is 1. The first kappa shape index (κ1) is 11.1. The molecule has 1 aromatic carbocycles. The average Bonchev–Trinajstić information content (AvgIpc) is 2.30. The molecule has 0 aliphatic carbocycles. The van der Waals surface area contributed by atoms with Crippen LogP contribution >= 0.6 is 0 Å². The third-order valence-corrected chi connectivity index (χ3v) is 3.35. The summed E-state index contributed by atoms with van der Waals surface area (Å²) in [5.74, 6) is -0.715. The zero-order valence-electron chi connectivity index (χ0n) is 9.28. The first-order valence-corrected chi connectivity index (χ1v) is 5.71. The van der Waals surface area contributed by atoms with Gasteiger partial charge >= 0.3 is 5.97 Å². The van der Waals surface area contributed by atoms with Crippen molar-refractivity contribution in [3.63, 3.8) is 0 Å². The van der Waals surface area contributed by atoms with E-state index < -0.39 is 5.97 Å². The molecule has 3 heteroatoms. The quantitative estimate of drug-likeness (QED) is 0.814. The third kappa shape index (κ3) is 2.25. The predicted molar refractivity (Wildman–Crippen MR) is 62.5 cm³/mol. The number of nitrogens with one attached hydrogen (secondary N) is 1. The molecule has 0 bridgehead atoms. The van der Waals surface area contributed by atoms with Crippen LogP contribution in [0.1, 0.15) is 24.8 Å². The van der Waals surface area contributed by atoms with Crippen LogP contribution in [0.2, 0.25) is 0 Å². The summed E-state index contributed by atoms with van der Waals surface area (Å²) in [6.07, 6.45) is 2.21. The smallest absolute Gasteiger partial charge is 0.304 e. The minimum absolute atomic E-state index is 0.212. The van der Waals surface area contributed by atoms with E-state index in [4.69, 9.17) is 5.11 Å². The summed E-state index contributed by atoms with van der Waals surface area (Å²) in [4.78, 5) is 11.0. The van der Waals surface area contributed by atoms with Gasteiger partial charge in [0.25, 0.3) is 0 Å². The Balaban J connectivity index is 2.29. The van der Waals surface area contributed by atoms with Gasteiger partial charge in [0, 0.05) is 12.0 Å². The fourth-order valence-electron chi connectivity index (χ4n) is 2.55. The van der Waals surface area contributed by atoms with Crippen LogP contribution in [-0.2, 0) is 10.2 Å². The van der Waals surface area contributed by atoms with Gasteiger partial charge in [-0.05, 0) is 24.9 Å². The van der Waals surface area contributed by atoms with E-state index in [1.54, 1.807) is 0 Å². The Kier molecular flexibility index (Phi) is 3.25. The highest BCUT2D eigenvalue weighted by Crippen LogP contribution is 2.34. The summed E-state index contributed by atoms with van der Waals surface area (Å²) in [5, 5.41) is 12.4. The lowest BCUT2D eigenvalue weighted by Crippen LogP contribution is -2.44. The van der Waals surface area contributed by atoms with Crippen molar-refractivity contribution in [2.45, 2.75) is 24.7 Å². The summed E-state index contributed by atoms with van der Waals surface area (Å²) >= 11 is 0. The van der Waals surface area contributed by atoms with E-state index in [0.717, 1.165) is 31.5 Å². The summed E-state index contributed by atoms with van der Waals surface area (Å²) in [5.41, 5.74) is 0.926. The molecule has 86 valence electrons. The number of carboxylic acids is 1. The normalized spacial score (nSPS) is 25.2. The van der Waals surface area contributed by atoms with Crippen molar-refractivity contribution in [3.05, 3.63) is 35.9 Å². The fourth-order valence-corrected chi connectivity index (χ4v) is 2.55. The molecule has 3 nitrogen and oxygen atoms in total. The van der Waals surface area contributed by atoms with E-state index in [-0.39, 0.29) is 11.8 Å². The summed E-state index contributed by atoms with van der Waals surface area (Å²) < 4.78 is 0. The zero-order chi connectivity index (χ0) is 11.4. The van der Waals surface area contributed by atoms with Crippen molar-refractivity contribution in [1.82, 2.24) is 5.32 Å². The maximum Gasteiger partial charge on any atom is 0.304 e. The minimum Gasteiger partial charge on any atom is -0.481 e. The maximum absolute atomic E-state index is 11.0. The molecule has 2 N–H and O–H groups in total. The molecule has 1 aromatic rings. The molecule has 1 aliphatic heterocycles. The Labute approximate surface area is 95.5 Å². The molecule has 0 saturated carbocycles. The van der Waals surface area contributed by atoms with E-state index in [9.17, 15) is 4.79 Å². The van der Waals surface area contributed by atoms with E-state index in [1.165, 1.54) is 0 Å². The van der Waals surface area contributed by atoms with Gasteiger partial charge in [-0.3, -0.25) is 4.79 Å². The van der Waals surface area contributed by atoms with Gasteiger partial charge in [-0.15, -0.1) is 0 Å². The Bertz CT molecular complexity index is 355. The number of piperidine rings is 1. The van der Waals surface area contributed by atoms with Crippen LogP contribution in [0.3, 0.4) is 0 Å². The molecular weight excluding hydrogens is 202 g/mol. The highest BCUT2D eigenvalue weighted by atomic mass is 16.4. The minimum atomic E-state index is -0.715. The lowest BCUT2D eigenvalue weighted by Gasteiger charge is -2.37. The van der Waals surface area contributed by atoms with Crippen LogP contribution < -0.4 is 5.32 Å². The first-order chi connectivity index (χ1) is 7.73. The van der Waals surface area contributed by atoms with Crippen molar-refractivity contribution < 1.29 is 9.90 Å². The number of benzene rings is 1. The van der Waals surface area contributed by atoms with Gasteiger partial charge in [-0.2, -0.15) is 0 Å². The van der Waals surface area contributed by atoms with Gasteiger partial charge in [-0.25, -0.2) is 0 Å². The second kappa shape index (κ2) is 4.66. The number of aliphatic carboxylic acids is 1. The van der Waals surface area contributed by atoms with Crippen LogP contribution in [0, 0.1) is 0 Å². The molecule has 0 radical (unpaired) electrons. The molecule has 0 spiro atoms. The first-order valence-electron chi connectivity index (χ1n) is 5.71. The summed E-state index contributed by atoms with van der Waals surface area (Å²) in [6, 6.07) is 10.0. The largest absolute Gasteiger partial charge is 0.481 e.